The Morgan fingerprint density at radius 2 is 1.02 bits per heavy atom. The molecule has 4 aromatic carbocycles. The number of aliphatic carboxylic acids is 1. The van der Waals surface area contributed by atoms with Gasteiger partial charge in [-0.15, -0.1) is 0 Å². The quantitative estimate of drug-likeness (QED) is 0.107. The molecule has 0 atom stereocenters. The first-order valence-corrected chi connectivity index (χ1v) is 14.0. The largest absolute Gasteiger partial charge is 1.00 e. The average molecular weight is 699 g/mol. The van der Waals surface area contributed by atoms with Gasteiger partial charge in [-0.2, -0.15) is 0 Å². The van der Waals surface area contributed by atoms with Gasteiger partial charge in [0.25, 0.3) is 5.78 Å². The molecule has 0 aliphatic carbocycles. The number of Topliss-reactive ketones (excluding diaryl/α,β-unsaturated/α-hetero) is 3. The summed E-state index contributed by atoms with van der Waals surface area (Å²) in [6, 6.07) is 20.7. The molecule has 12 nitrogen and oxygen atoms in total. The van der Waals surface area contributed by atoms with Crippen LogP contribution in [0.2, 0.25) is 0 Å². The molecule has 252 valence electrons. The molecule has 6 aromatic rings. The Kier molecular flexibility index (Phi) is 13.0. The van der Waals surface area contributed by atoms with Gasteiger partial charge in [0, 0.05) is 6.92 Å². The zero-order chi connectivity index (χ0) is 34.5. The fourth-order valence-corrected chi connectivity index (χ4v) is 4.37. The summed E-state index contributed by atoms with van der Waals surface area (Å²) in [4.78, 5) is 45.0. The van der Waals surface area contributed by atoms with E-state index in [4.69, 9.17) is 23.4 Å². The predicted molar refractivity (Wildman–Crippen MR) is 166 cm³/mol. The molecule has 0 saturated carbocycles. The summed E-state index contributed by atoms with van der Waals surface area (Å²) in [5.41, 5.74) is 1.95. The maximum absolute atomic E-state index is 12.9. The number of carbonyl (C=O) groups is 4. The maximum atomic E-state index is 12.9. The Morgan fingerprint density at radius 1 is 0.640 bits per heavy atom. The molecule has 0 aliphatic heterocycles. The average Bonchev–Trinajstić information content (AvgIpc) is 3.59. The van der Waals surface area contributed by atoms with Crippen LogP contribution in [0, 0.1) is 11.6 Å². The van der Waals surface area contributed by atoms with Gasteiger partial charge in [0.1, 0.15) is 47.5 Å². The van der Waals surface area contributed by atoms with Crippen molar-refractivity contribution in [2.24, 2.45) is 0 Å². The van der Waals surface area contributed by atoms with Crippen LogP contribution in [0.25, 0.3) is 21.9 Å². The van der Waals surface area contributed by atoms with Gasteiger partial charge in [-0.3, -0.25) is 14.4 Å². The van der Waals surface area contributed by atoms with Crippen molar-refractivity contribution < 1.29 is 96.6 Å². The van der Waals surface area contributed by atoms with E-state index in [0.29, 0.717) is 11.5 Å². The van der Waals surface area contributed by atoms with Gasteiger partial charge in [0.05, 0.1) is 10.8 Å². The van der Waals surface area contributed by atoms with Crippen LogP contribution in [0.15, 0.2) is 93.8 Å². The number of hydrogen-bond acceptors (Lipinski definition) is 11. The van der Waals surface area contributed by atoms with E-state index >= 15 is 0 Å². The van der Waals surface area contributed by atoms with Crippen molar-refractivity contribution in [3.8, 4) is 23.0 Å². The first kappa shape index (κ1) is 38.9. The minimum absolute atomic E-state index is 0. The summed E-state index contributed by atoms with van der Waals surface area (Å²) in [5, 5.41) is 29.2. The maximum Gasteiger partial charge on any atom is 1.00 e. The molecule has 2 heterocycles. The SMILES string of the molecule is CC(=O)C(=O)c1oc2ccc(OCc3ccc(F)cc3)cc2c1O.O=C(O)C(=O)c1oc2ccc(OCc3ccc(F)cc3)cc2c1O.[Na+].[OH-]. The number of halogens is 2. The molecule has 0 fully saturated rings. The predicted octanol–water partition coefficient (Wildman–Crippen LogP) is 3.58. The number of fused-ring (bicyclic) bond motifs is 2. The molecule has 2 aromatic heterocycles. The van der Waals surface area contributed by atoms with Crippen LogP contribution in [0.4, 0.5) is 8.78 Å². The van der Waals surface area contributed by atoms with Crippen LogP contribution in [-0.2, 0) is 22.8 Å². The summed E-state index contributed by atoms with van der Waals surface area (Å²) in [7, 11) is 0. The Morgan fingerprint density at radius 3 is 1.38 bits per heavy atom. The van der Waals surface area contributed by atoms with Gasteiger partial charge in [-0.25, -0.2) is 13.6 Å². The number of rotatable bonds is 10. The second-order valence-corrected chi connectivity index (χ2v) is 10.2. The van der Waals surface area contributed by atoms with Crippen molar-refractivity contribution in [3.63, 3.8) is 0 Å². The second-order valence-electron chi connectivity index (χ2n) is 10.2. The molecule has 6 rings (SSSR count). The van der Waals surface area contributed by atoms with E-state index < -0.39 is 40.6 Å². The summed E-state index contributed by atoms with van der Waals surface area (Å²) in [6.45, 7) is 1.49. The number of ether oxygens (including phenoxy) is 2. The molecule has 0 saturated heterocycles. The van der Waals surface area contributed by atoms with Crippen molar-refractivity contribution in [2.45, 2.75) is 20.1 Å². The molecular formula is C35H25F2NaO12. The third-order valence-electron chi connectivity index (χ3n) is 6.83. The van der Waals surface area contributed by atoms with Crippen molar-refractivity contribution in [1.29, 1.82) is 0 Å². The normalized spacial score (nSPS) is 10.3. The standard InChI is InChI=1S/C18H13FO5.C17H11FO6.Na.H2O/c1-10(20)16(21)18-17(22)14-8-13(6-7-15(14)24-18)23-9-11-2-4-12(19)5-3-11;18-10-3-1-9(2-4-10)8-23-11-5-6-13-12(7-11)14(19)16(24-13)15(20)17(21)22;;/h2-8,22H,9H2,1H3;1-7,19H,8H2,(H,21,22);;1H2/q;;+1;/p-1. The van der Waals surface area contributed by atoms with Crippen LogP contribution in [-0.4, -0.2) is 44.1 Å². The number of aromatic hydroxyl groups is 2. The summed E-state index contributed by atoms with van der Waals surface area (Å²) < 4.78 is 47.1. The first-order valence-electron chi connectivity index (χ1n) is 14.0. The van der Waals surface area contributed by atoms with E-state index in [2.05, 4.69) is 0 Å². The monoisotopic (exact) mass is 698 g/mol. The van der Waals surface area contributed by atoms with E-state index in [-0.39, 0.29) is 87.6 Å². The van der Waals surface area contributed by atoms with Gasteiger partial charge in [0.15, 0.2) is 11.5 Å². The number of hydrogen-bond donors (Lipinski definition) is 3. The Labute approximate surface area is 303 Å². The van der Waals surface area contributed by atoms with Crippen LogP contribution in [0.5, 0.6) is 23.0 Å². The summed E-state index contributed by atoms with van der Waals surface area (Å²) >= 11 is 0. The van der Waals surface area contributed by atoms with E-state index in [1.807, 2.05) is 0 Å². The minimum Gasteiger partial charge on any atom is -0.870 e. The Balaban J connectivity index is 0.000000260. The zero-order valence-corrected chi connectivity index (χ0v) is 28.3. The van der Waals surface area contributed by atoms with E-state index in [0.717, 1.165) is 18.1 Å². The van der Waals surface area contributed by atoms with E-state index in [1.54, 1.807) is 36.4 Å². The number of carbonyl (C=O) groups excluding carboxylic acids is 3. The topological polar surface area (TPSA) is 204 Å². The molecule has 0 bridgehead atoms. The van der Waals surface area contributed by atoms with Crippen molar-refractivity contribution in [1.82, 2.24) is 0 Å². The molecule has 0 spiro atoms. The summed E-state index contributed by atoms with van der Waals surface area (Å²) in [5.74, 6) is -6.50. The van der Waals surface area contributed by atoms with Crippen LogP contribution < -0.4 is 39.0 Å². The molecule has 0 unspecified atom stereocenters. The molecule has 50 heavy (non-hydrogen) atoms. The van der Waals surface area contributed by atoms with Crippen LogP contribution in [0.1, 0.15) is 39.2 Å². The Bertz CT molecular complexity index is 2020. The fraction of sp³-hybridized carbons (Fsp3) is 0.0857. The smallest absolute Gasteiger partial charge is 0.870 e. The molecule has 15 heteroatoms. The van der Waals surface area contributed by atoms with Gasteiger partial charge in [-0.05, 0) is 71.8 Å². The number of furan rings is 2. The third kappa shape index (κ3) is 8.92. The molecule has 4 N–H and O–H groups in total. The van der Waals surface area contributed by atoms with Crippen molar-refractivity contribution in [2.75, 3.05) is 0 Å². The molecule has 0 radical (unpaired) electrons. The zero-order valence-electron chi connectivity index (χ0n) is 26.3. The number of carboxylic acids is 1. The van der Waals surface area contributed by atoms with Crippen molar-refractivity contribution >= 4 is 45.3 Å². The second kappa shape index (κ2) is 16.7. The molecule has 0 amide bonds. The molecular weight excluding hydrogens is 673 g/mol. The van der Waals surface area contributed by atoms with Crippen LogP contribution in [0.3, 0.4) is 0 Å². The van der Waals surface area contributed by atoms with E-state index in [1.165, 1.54) is 48.5 Å². The van der Waals surface area contributed by atoms with Gasteiger partial charge in [-0.1, -0.05) is 24.3 Å². The van der Waals surface area contributed by atoms with Gasteiger partial charge >= 0.3 is 41.3 Å². The number of benzene rings is 4. The molecule has 0 aliphatic rings. The first-order chi connectivity index (χ1) is 22.9. The third-order valence-corrected chi connectivity index (χ3v) is 6.83. The van der Waals surface area contributed by atoms with Gasteiger partial charge < -0.3 is 39.1 Å². The van der Waals surface area contributed by atoms with Crippen molar-refractivity contribution in [3.05, 3.63) is 119 Å². The minimum atomic E-state index is -1.72. The summed E-state index contributed by atoms with van der Waals surface area (Å²) in [6.07, 6.45) is 0. The Hall–Kier alpha value is -5.54. The van der Waals surface area contributed by atoms with E-state index in [9.17, 15) is 38.2 Å². The van der Waals surface area contributed by atoms with Gasteiger partial charge in [0.2, 0.25) is 17.3 Å². The van der Waals surface area contributed by atoms with Crippen LogP contribution >= 0.6 is 0 Å². The number of ketones is 3. The number of carboxylic acid groups (broad SMARTS) is 1. The fourth-order valence-electron chi connectivity index (χ4n) is 4.37.